The molecule has 2 aliphatic carbocycles. The fourth-order valence-corrected chi connectivity index (χ4v) is 5.35. The van der Waals surface area contributed by atoms with Crippen LogP contribution in [0.2, 0.25) is 0 Å². The molecule has 0 aromatic heterocycles. The standard InChI is InChI=1S/C23H43NO/c1-2-5-10-14-21-19-23(16-12-7-3-1)25-22-15-11-8-4-6-9-13-20(24-21)17-18-22/h20-24H,1-19H2. The maximum Gasteiger partial charge on any atom is 0.0593 e. The Kier molecular flexibility index (Phi) is 9.13. The third-order valence-electron chi connectivity index (χ3n) is 6.90. The largest absolute Gasteiger partial charge is 0.375 e. The van der Waals surface area contributed by atoms with Crippen molar-refractivity contribution < 1.29 is 4.74 Å². The molecule has 4 atom stereocenters. The summed E-state index contributed by atoms with van der Waals surface area (Å²) in [5.74, 6) is 0. The summed E-state index contributed by atoms with van der Waals surface area (Å²) < 4.78 is 6.77. The molecule has 4 unspecified atom stereocenters. The lowest BCUT2D eigenvalue weighted by atomic mass is 9.95. The summed E-state index contributed by atoms with van der Waals surface area (Å²) in [5.41, 5.74) is 0. The Morgan fingerprint density at radius 2 is 0.960 bits per heavy atom. The zero-order chi connectivity index (χ0) is 17.2. The Labute approximate surface area is 156 Å². The van der Waals surface area contributed by atoms with E-state index >= 15 is 0 Å². The van der Waals surface area contributed by atoms with Crippen LogP contribution >= 0.6 is 0 Å². The lowest BCUT2D eigenvalue weighted by Gasteiger charge is -2.28. The van der Waals surface area contributed by atoms with Crippen molar-refractivity contribution >= 4 is 0 Å². The highest BCUT2D eigenvalue weighted by molar-refractivity contribution is 4.82. The van der Waals surface area contributed by atoms with Crippen molar-refractivity contribution in [3.63, 3.8) is 0 Å². The number of rotatable bonds is 0. The molecule has 3 rings (SSSR count). The van der Waals surface area contributed by atoms with Crippen LogP contribution in [0.3, 0.4) is 0 Å². The van der Waals surface area contributed by atoms with Crippen molar-refractivity contribution in [3.05, 3.63) is 0 Å². The maximum atomic E-state index is 6.77. The minimum Gasteiger partial charge on any atom is -0.375 e. The molecule has 4 bridgehead atoms. The highest BCUT2D eigenvalue weighted by Gasteiger charge is 2.26. The number of ether oxygens (including phenoxy) is 1. The van der Waals surface area contributed by atoms with Crippen LogP contribution in [0, 0.1) is 0 Å². The maximum absolute atomic E-state index is 6.77. The van der Waals surface area contributed by atoms with E-state index in [1.54, 1.807) is 0 Å². The van der Waals surface area contributed by atoms with Gasteiger partial charge < -0.3 is 10.1 Å². The molecular formula is C23H43NO. The molecule has 1 heterocycles. The SMILES string of the molecule is C1CCCCC2CC(CCCC1)OC1CCCCCCCC(CC1)N2. The highest BCUT2D eigenvalue weighted by atomic mass is 16.5. The summed E-state index contributed by atoms with van der Waals surface area (Å²) >= 11 is 0. The minimum absolute atomic E-state index is 0.517. The van der Waals surface area contributed by atoms with Crippen LogP contribution in [-0.4, -0.2) is 24.3 Å². The number of nitrogens with one attached hydrogen (secondary N) is 1. The Morgan fingerprint density at radius 1 is 0.440 bits per heavy atom. The third-order valence-corrected chi connectivity index (χ3v) is 6.90. The van der Waals surface area contributed by atoms with Gasteiger partial charge in [-0.3, -0.25) is 0 Å². The van der Waals surface area contributed by atoms with E-state index in [1.807, 2.05) is 0 Å². The molecule has 2 saturated carbocycles. The summed E-state index contributed by atoms with van der Waals surface area (Å²) in [7, 11) is 0. The topological polar surface area (TPSA) is 21.3 Å². The van der Waals surface area contributed by atoms with Crippen LogP contribution in [0.25, 0.3) is 0 Å². The smallest absolute Gasteiger partial charge is 0.0593 e. The second-order valence-corrected chi connectivity index (χ2v) is 9.15. The van der Waals surface area contributed by atoms with Crippen LogP contribution in [-0.2, 0) is 4.74 Å². The number of fused-ring (bicyclic) bond motifs is 5. The molecule has 3 fully saturated rings. The average molecular weight is 350 g/mol. The van der Waals surface area contributed by atoms with Gasteiger partial charge in [0, 0.05) is 12.1 Å². The second-order valence-electron chi connectivity index (χ2n) is 9.15. The van der Waals surface area contributed by atoms with Gasteiger partial charge in [-0.25, -0.2) is 0 Å². The summed E-state index contributed by atoms with van der Waals surface area (Å²) in [4.78, 5) is 0. The average Bonchev–Trinajstić information content (AvgIpc) is 2.63. The van der Waals surface area contributed by atoms with Gasteiger partial charge in [-0.2, -0.15) is 0 Å². The minimum atomic E-state index is 0.517. The van der Waals surface area contributed by atoms with Crippen LogP contribution in [0.15, 0.2) is 0 Å². The van der Waals surface area contributed by atoms with E-state index in [0.717, 1.165) is 6.04 Å². The zero-order valence-electron chi connectivity index (χ0n) is 16.7. The fourth-order valence-electron chi connectivity index (χ4n) is 5.35. The molecular weight excluding hydrogens is 306 g/mol. The van der Waals surface area contributed by atoms with Gasteiger partial charge in [-0.15, -0.1) is 0 Å². The van der Waals surface area contributed by atoms with Gasteiger partial charge in [0.1, 0.15) is 0 Å². The Hall–Kier alpha value is -0.0800. The van der Waals surface area contributed by atoms with Gasteiger partial charge in [0.25, 0.3) is 0 Å². The van der Waals surface area contributed by atoms with Crippen molar-refractivity contribution in [1.29, 1.82) is 0 Å². The lowest BCUT2D eigenvalue weighted by Crippen LogP contribution is -2.40. The molecule has 0 amide bonds. The number of hydrogen-bond donors (Lipinski definition) is 1. The van der Waals surface area contributed by atoms with E-state index in [-0.39, 0.29) is 0 Å². The Balaban J connectivity index is 1.67. The van der Waals surface area contributed by atoms with E-state index in [1.165, 1.54) is 122 Å². The molecule has 1 N–H and O–H groups in total. The summed E-state index contributed by atoms with van der Waals surface area (Å²) in [5, 5.41) is 4.12. The van der Waals surface area contributed by atoms with E-state index in [0.29, 0.717) is 18.2 Å². The quantitative estimate of drug-likeness (QED) is 0.537. The van der Waals surface area contributed by atoms with Gasteiger partial charge >= 0.3 is 0 Å². The number of hydrogen-bond acceptors (Lipinski definition) is 2. The van der Waals surface area contributed by atoms with Gasteiger partial charge in [0.2, 0.25) is 0 Å². The predicted octanol–water partition coefficient (Wildman–Crippen LogP) is 6.52. The highest BCUT2D eigenvalue weighted by Crippen LogP contribution is 2.27. The van der Waals surface area contributed by atoms with Crippen molar-refractivity contribution in [3.8, 4) is 0 Å². The summed E-state index contributed by atoms with van der Waals surface area (Å²) in [6.07, 6.45) is 27.5. The third kappa shape index (κ3) is 7.59. The molecule has 0 radical (unpaired) electrons. The Bertz CT molecular complexity index is 315. The summed E-state index contributed by atoms with van der Waals surface area (Å²) in [6.45, 7) is 0. The van der Waals surface area contributed by atoms with E-state index < -0.39 is 0 Å². The van der Waals surface area contributed by atoms with Gasteiger partial charge in [0.05, 0.1) is 12.2 Å². The van der Waals surface area contributed by atoms with E-state index in [4.69, 9.17) is 4.74 Å². The lowest BCUT2D eigenvalue weighted by molar-refractivity contribution is -0.0319. The molecule has 25 heavy (non-hydrogen) atoms. The van der Waals surface area contributed by atoms with Gasteiger partial charge in [0.15, 0.2) is 0 Å². The van der Waals surface area contributed by atoms with Gasteiger partial charge in [-0.1, -0.05) is 77.0 Å². The first-order valence-electron chi connectivity index (χ1n) is 11.8. The molecule has 0 aromatic carbocycles. The first kappa shape index (κ1) is 19.7. The summed E-state index contributed by atoms with van der Waals surface area (Å²) in [6, 6.07) is 1.46. The van der Waals surface area contributed by atoms with Crippen molar-refractivity contribution in [2.45, 2.75) is 146 Å². The van der Waals surface area contributed by atoms with Crippen LogP contribution in [0.5, 0.6) is 0 Å². The molecule has 1 saturated heterocycles. The molecule has 1 aliphatic heterocycles. The van der Waals surface area contributed by atoms with Crippen molar-refractivity contribution in [1.82, 2.24) is 5.32 Å². The van der Waals surface area contributed by atoms with Crippen LogP contribution < -0.4 is 5.32 Å². The van der Waals surface area contributed by atoms with E-state index in [2.05, 4.69) is 5.32 Å². The van der Waals surface area contributed by atoms with Gasteiger partial charge in [-0.05, 0) is 44.9 Å². The van der Waals surface area contributed by atoms with Crippen LogP contribution in [0.4, 0.5) is 0 Å². The molecule has 0 spiro atoms. The van der Waals surface area contributed by atoms with Crippen molar-refractivity contribution in [2.24, 2.45) is 0 Å². The molecule has 146 valence electrons. The first-order chi connectivity index (χ1) is 12.4. The second kappa shape index (κ2) is 11.6. The fraction of sp³-hybridized carbons (Fsp3) is 1.00. The molecule has 0 aromatic rings. The zero-order valence-corrected chi connectivity index (χ0v) is 16.7. The monoisotopic (exact) mass is 349 g/mol. The molecule has 2 heteroatoms. The molecule has 2 nitrogen and oxygen atoms in total. The van der Waals surface area contributed by atoms with E-state index in [9.17, 15) is 0 Å². The first-order valence-corrected chi connectivity index (χ1v) is 11.8. The normalized spacial score (nSPS) is 37.4. The Morgan fingerprint density at radius 3 is 1.64 bits per heavy atom. The predicted molar refractivity (Wildman–Crippen MR) is 107 cm³/mol. The van der Waals surface area contributed by atoms with Crippen molar-refractivity contribution in [2.75, 3.05) is 0 Å². The molecule has 3 aliphatic rings. The van der Waals surface area contributed by atoms with Crippen LogP contribution in [0.1, 0.15) is 122 Å².